The maximum atomic E-state index is 13.2. The van der Waals surface area contributed by atoms with Gasteiger partial charge in [0.1, 0.15) is 5.69 Å². The third-order valence-corrected chi connectivity index (χ3v) is 5.78. The summed E-state index contributed by atoms with van der Waals surface area (Å²) in [5.74, 6) is -0.751. The van der Waals surface area contributed by atoms with Gasteiger partial charge in [0, 0.05) is 22.9 Å². The van der Waals surface area contributed by atoms with Crippen molar-refractivity contribution < 1.29 is 9.83 Å². The number of nitrogens with one attached hydrogen (secondary N) is 1. The Labute approximate surface area is 197 Å². The zero-order valence-corrected chi connectivity index (χ0v) is 19.0. The standard InChI is InChI=1S/C26H27N5O3/c1-2-3-4-10-15-28-25-23(30(31(33)34)26(32)18-11-6-5-7-12-18)17-22-20(24(25)27)16-19-13-8-9-14-21(19)29-22/h5-9,11-14,16-17,28H,2-4,10,15,27H2,1H3. The minimum atomic E-state index is -0.751. The lowest BCUT2D eigenvalue weighted by atomic mass is 10.1. The molecule has 0 saturated carbocycles. The number of nitro groups is 1. The van der Waals surface area contributed by atoms with Crippen molar-refractivity contribution in [3.8, 4) is 0 Å². The number of hydrogen-bond acceptors (Lipinski definition) is 6. The fourth-order valence-electron chi connectivity index (χ4n) is 4.02. The average Bonchev–Trinajstić information content (AvgIpc) is 2.85. The lowest BCUT2D eigenvalue weighted by molar-refractivity contribution is -0.481. The van der Waals surface area contributed by atoms with E-state index in [1.54, 1.807) is 36.4 Å². The van der Waals surface area contributed by atoms with E-state index in [9.17, 15) is 14.9 Å². The number of carbonyl (C=O) groups excluding carboxylic acids is 1. The lowest BCUT2D eigenvalue weighted by Gasteiger charge is -2.20. The van der Waals surface area contributed by atoms with E-state index in [-0.39, 0.29) is 11.3 Å². The van der Waals surface area contributed by atoms with Crippen LogP contribution >= 0.6 is 0 Å². The van der Waals surface area contributed by atoms with Crippen LogP contribution in [-0.2, 0) is 0 Å². The molecule has 1 heterocycles. The SMILES string of the molecule is CCCCCCNc1c(N(C(=O)c2ccccc2)[N+](=O)[O-])cc2nc3ccccc3cc2c1N. The summed E-state index contributed by atoms with van der Waals surface area (Å²) in [5.41, 5.74) is 8.75. The van der Waals surface area contributed by atoms with Crippen LogP contribution < -0.4 is 16.1 Å². The number of pyridine rings is 1. The van der Waals surface area contributed by atoms with E-state index in [4.69, 9.17) is 5.73 Å². The van der Waals surface area contributed by atoms with Crippen LogP contribution in [0.25, 0.3) is 21.8 Å². The minimum Gasteiger partial charge on any atom is -0.396 e. The van der Waals surface area contributed by atoms with E-state index < -0.39 is 10.9 Å². The summed E-state index contributed by atoms with van der Waals surface area (Å²) >= 11 is 0. The van der Waals surface area contributed by atoms with Crippen molar-refractivity contribution in [2.75, 3.05) is 22.6 Å². The van der Waals surface area contributed by atoms with Crippen LogP contribution in [0.1, 0.15) is 43.0 Å². The first-order valence-corrected chi connectivity index (χ1v) is 11.4. The molecule has 8 nitrogen and oxygen atoms in total. The molecule has 3 N–H and O–H groups in total. The Morgan fingerprint density at radius 2 is 1.76 bits per heavy atom. The highest BCUT2D eigenvalue weighted by molar-refractivity contribution is 6.12. The summed E-state index contributed by atoms with van der Waals surface area (Å²) in [6, 6.07) is 19.3. The fourth-order valence-corrected chi connectivity index (χ4v) is 4.02. The molecule has 34 heavy (non-hydrogen) atoms. The van der Waals surface area contributed by atoms with Crippen LogP contribution in [0.3, 0.4) is 0 Å². The normalized spacial score (nSPS) is 11.0. The number of hydrogen-bond donors (Lipinski definition) is 2. The van der Waals surface area contributed by atoms with Crippen LogP contribution in [0, 0.1) is 10.1 Å². The van der Waals surface area contributed by atoms with Gasteiger partial charge in [-0.15, -0.1) is 0 Å². The third kappa shape index (κ3) is 4.61. The van der Waals surface area contributed by atoms with E-state index in [0.717, 1.165) is 36.6 Å². The zero-order valence-electron chi connectivity index (χ0n) is 19.0. The molecule has 4 aromatic rings. The number of para-hydroxylation sites is 1. The second kappa shape index (κ2) is 10.2. The van der Waals surface area contributed by atoms with Gasteiger partial charge in [0.25, 0.3) is 0 Å². The molecular formula is C26H27N5O3. The van der Waals surface area contributed by atoms with E-state index in [1.165, 1.54) is 0 Å². The van der Waals surface area contributed by atoms with Gasteiger partial charge in [0.2, 0.25) is 0 Å². The summed E-state index contributed by atoms with van der Waals surface area (Å²) in [6.45, 7) is 2.71. The maximum Gasteiger partial charge on any atom is 0.320 e. The number of rotatable bonds is 9. The zero-order chi connectivity index (χ0) is 24.1. The highest BCUT2D eigenvalue weighted by atomic mass is 16.7. The molecule has 0 aliphatic rings. The Hall–Kier alpha value is -4.20. The molecule has 0 atom stereocenters. The van der Waals surface area contributed by atoms with Gasteiger partial charge in [-0.25, -0.2) is 15.1 Å². The van der Waals surface area contributed by atoms with Crippen molar-refractivity contribution in [2.24, 2.45) is 0 Å². The Morgan fingerprint density at radius 3 is 2.50 bits per heavy atom. The van der Waals surface area contributed by atoms with Gasteiger partial charge >= 0.3 is 5.91 Å². The molecular weight excluding hydrogens is 430 g/mol. The first kappa shape index (κ1) is 23.0. The predicted octanol–water partition coefficient (Wildman–Crippen LogP) is 5.80. The highest BCUT2D eigenvalue weighted by Gasteiger charge is 2.32. The molecule has 0 fully saturated rings. The Morgan fingerprint density at radius 1 is 1.03 bits per heavy atom. The molecule has 0 aliphatic heterocycles. The van der Waals surface area contributed by atoms with Gasteiger partial charge in [-0.3, -0.25) is 4.79 Å². The van der Waals surface area contributed by atoms with Gasteiger partial charge in [0.15, 0.2) is 5.03 Å². The van der Waals surface area contributed by atoms with Gasteiger partial charge in [-0.2, -0.15) is 0 Å². The molecule has 0 unspecified atom stereocenters. The number of fused-ring (bicyclic) bond motifs is 2. The fraction of sp³-hybridized carbons (Fsp3) is 0.231. The predicted molar refractivity (Wildman–Crippen MR) is 137 cm³/mol. The smallest absolute Gasteiger partial charge is 0.320 e. The molecule has 0 aliphatic carbocycles. The summed E-state index contributed by atoms with van der Waals surface area (Å²) in [4.78, 5) is 30.0. The lowest BCUT2D eigenvalue weighted by Crippen LogP contribution is -2.37. The third-order valence-electron chi connectivity index (χ3n) is 5.78. The van der Waals surface area contributed by atoms with Crippen molar-refractivity contribution in [3.05, 3.63) is 82.4 Å². The number of amides is 1. The number of hydrazine groups is 1. The van der Waals surface area contributed by atoms with Gasteiger partial charge in [0.05, 0.1) is 22.4 Å². The van der Waals surface area contributed by atoms with E-state index in [2.05, 4.69) is 17.2 Å². The number of nitrogens with two attached hydrogens (primary N) is 1. The monoisotopic (exact) mass is 457 g/mol. The van der Waals surface area contributed by atoms with Crippen molar-refractivity contribution in [1.82, 2.24) is 4.98 Å². The van der Waals surface area contributed by atoms with Crippen LogP contribution in [0.4, 0.5) is 17.1 Å². The number of aromatic nitrogens is 1. The minimum absolute atomic E-state index is 0.0714. The summed E-state index contributed by atoms with van der Waals surface area (Å²) < 4.78 is 0. The molecule has 3 aromatic carbocycles. The molecule has 0 saturated heterocycles. The molecule has 1 amide bonds. The van der Waals surface area contributed by atoms with Crippen LogP contribution in [0.15, 0.2) is 66.7 Å². The molecule has 0 radical (unpaired) electrons. The Kier molecular flexibility index (Phi) is 6.87. The van der Waals surface area contributed by atoms with Crippen molar-refractivity contribution in [3.63, 3.8) is 0 Å². The molecule has 0 spiro atoms. The molecule has 8 heteroatoms. The number of unbranched alkanes of at least 4 members (excludes halogenated alkanes) is 3. The number of carbonyl (C=O) groups is 1. The largest absolute Gasteiger partial charge is 0.396 e. The van der Waals surface area contributed by atoms with Crippen LogP contribution in [0.2, 0.25) is 0 Å². The van der Waals surface area contributed by atoms with Gasteiger partial charge in [-0.1, -0.05) is 62.6 Å². The number of benzene rings is 3. The average molecular weight is 458 g/mol. The van der Waals surface area contributed by atoms with E-state index >= 15 is 0 Å². The van der Waals surface area contributed by atoms with Crippen LogP contribution in [0.5, 0.6) is 0 Å². The van der Waals surface area contributed by atoms with E-state index in [0.29, 0.717) is 33.8 Å². The van der Waals surface area contributed by atoms with Crippen molar-refractivity contribution in [2.45, 2.75) is 32.6 Å². The topological polar surface area (TPSA) is 114 Å². The number of nitrogen functional groups attached to an aromatic ring is 1. The molecule has 4 rings (SSSR count). The molecule has 0 bridgehead atoms. The Bertz CT molecular complexity index is 1340. The van der Waals surface area contributed by atoms with Gasteiger partial charge in [-0.05, 0) is 41.8 Å². The van der Waals surface area contributed by atoms with Crippen molar-refractivity contribution >= 4 is 44.8 Å². The maximum absolute atomic E-state index is 13.2. The second-order valence-electron chi connectivity index (χ2n) is 8.14. The summed E-state index contributed by atoms with van der Waals surface area (Å²) in [5, 5.41) is 16.9. The van der Waals surface area contributed by atoms with Crippen molar-refractivity contribution in [1.29, 1.82) is 0 Å². The Balaban J connectivity index is 1.87. The number of anilines is 3. The molecule has 1 aromatic heterocycles. The quantitative estimate of drug-likeness (QED) is 0.108. The first-order valence-electron chi connectivity index (χ1n) is 11.4. The van der Waals surface area contributed by atoms with Gasteiger partial charge < -0.3 is 11.1 Å². The summed E-state index contributed by atoms with van der Waals surface area (Å²) in [7, 11) is 0. The highest BCUT2D eigenvalue weighted by Crippen LogP contribution is 2.39. The van der Waals surface area contributed by atoms with Crippen LogP contribution in [-0.4, -0.2) is 22.5 Å². The summed E-state index contributed by atoms with van der Waals surface area (Å²) in [6.07, 6.45) is 4.11. The number of nitrogens with zero attached hydrogens (tertiary/aromatic N) is 3. The molecule has 174 valence electrons. The van der Waals surface area contributed by atoms with E-state index in [1.807, 2.05) is 30.3 Å². The first-order chi connectivity index (χ1) is 16.5. The second-order valence-corrected chi connectivity index (χ2v) is 8.14.